The normalized spacial score (nSPS) is 30.3. The first-order valence-corrected chi connectivity index (χ1v) is 5.44. The highest BCUT2D eigenvalue weighted by Gasteiger charge is 2.49. The fourth-order valence-corrected chi connectivity index (χ4v) is 2.88. The highest BCUT2D eigenvalue weighted by molar-refractivity contribution is 6.55. The van der Waals surface area contributed by atoms with Crippen LogP contribution in [-0.2, 0) is 4.79 Å². The third-order valence-electron chi connectivity index (χ3n) is 3.36. The van der Waals surface area contributed by atoms with E-state index in [1.807, 2.05) is 6.08 Å². The second kappa shape index (κ2) is 3.29. The standard InChI is InChI=1S/C10H12Cl2O/c11-9(12)5-7-4-8(13)10(6-7)2-1-3-10/h5,7H,1-4,6H2. The van der Waals surface area contributed by atoms with Crippen molar-refractivity contribution >= 4 is 29.0 Å². The number of Topliss-reactive ketones (excluding diaryl/α,β-unsaturated/α-hetero) is 1. The van der Waals surface area contributed by atoms with Gasteiger partial charge in [0.15, 0.2) is 0 Å². The molecule has 0 heterocycles. The van der Waals surface area contributed by atoms with Crippen LogP contribution < -0.4 is 0 Å². The van der Waals surface area contributed by atoms with Crippen molar-refractivity contribution in [3.05, 3.63) is 10.6 Å². The third kappa shape index (κ3) is 1.64. The van der Waals surface area contributed by atoms with Gasteiger partial charge in [0.2, 0.25) is 0 Å². The lowest BCUT2D eigenvalue weighted by Crippen LogP contribution is -2.33. The first-order chi connectivity index (χ1) is 6.12. The Kier molecular flexibility index (Phi) is 2.41. The predicted octanol–water partition coefficient (Wildman–Crippen LogP) is 3.45. The molecule has 2 fully saturated rings. The molecule has 0 radical (unpaired) electrons. The largest absolute Gasteiger partial charge is 0.299 e. The van der Waals surface area contributed by atoms with E-state index in [1.165, 1.54) is 6.42 Å². The molecule has 0 saturated heterocycles. The third-order valence-corrected chi connectivity index (χ3v) is 3.62. The van der Waals surface area contributed by atoms with Crippen LogP contribution in [0.4, 0.5) is 0 Å². The number of rotatable bonds is 1. The molecule has 0 amide bonds. The zero-order valence-electron chi connectivity index (χ0n) is 7.35. The summed E-state index contributed by atoms with van der Waals surface area (Å²) in [6, 6.07) is 0. The zero-order chi connectivity index (χ0) is 9.47. The highest BCUT2D eigenvalue weighted by atomic mass is 35.5. The van der Waals surface area contributed by atoms with Crippen LogP contribution in [-0.4, -0.2) is 5.78 Å². The van der Waals surface area contributed by atoms with Gasteiger partial charge < -0.3 is 0 Å². The molecule has 1 nitrogen and oxygen atoms in total. The molecule has 1 spiro atoms. The van der Waals surface area contributed by atoms with Crippen LogP contribution in [0.1, 0.15) is 32.1 Å². The molecule has 1 unspecified atom stereocenters. The van der Waals surface area contributed by atoms with Gasteiger partial charge in [-0.25, -0.2) is 0 Å². The van der Waals surface area contributed by atoms with Crippen molar-refractivity contribution in [1.82, 2.24) is 0 Å². The maximum Gasteiger partial charge on any atom is 0.139 e. The molecule has 2 aliphatic carbocycles. The predicted molar refractivity (Wildman–Crippen MR) is 53.8 cm³/mol. The van der Waals surface area contributed by atoms with E-state index in [0.29, 0.717) is 16.7 Å². The molecule has 13 heavy (non-hydrogen) atoms. The zero-order valence-corrected chi connectivity index (χ0v) is 8.87. The van der Waals surface area contributed by atoms with Crippen molar-refractivity contribution in [3.63, 3.8) is 0 Å². The van der Waals surface area contributed by atoms with Crippen LogP contribution in [0.15, 0.2) is 10.6 Å². The molecule has 0 bridgehead atoms. The molecule has 0 aromatic rings. The lowest BCUT2D eigenvalue weighted by Gasteiger charge is -2.36. The van der Waals surface area contributed by atoms with Gasteiger partial charge >= 0.3 is 0 Å². The number of ketones is 1. The van der Waals surface area contributed by atoms with Gasteiger partial charge in [0.05, 0.1) is 0 Å². The van der Waals surface area contributed by atoms with Gasteiger partial charge in [-0.3, -0.25) is 4.79 Å². The summed E-state index contributed by atoms with van der Waals surface area (Å²) >= 11 is 11.2. The first kappa shape index (κ1) is 9.54. The molecule has 1 atom stereocenters. The van der Waals surface area contributed by atoms with Crippen LogP contribution in [0, 0.1) is 11.3 Å². The Hall–Kier alpha value is -0.0100. The molecule has 0 aromatic carbocycles. The minimum atomic E-state index is 0.0321. The second-order valence-electron chi connectivity index (χ2n) is 4.18. The second-order valence-corrected chi connectivity index (χ2v) is 5.19. The number of halogens is 2. The summed E-state index contributed by atoms with van der Waals surface area (Å²) in [5.74, 6) is 0.715. The summed E-state index contributed by atoms with van der Waals surface area (Å²) in [6.45, 7) is 0. The van der Waals surface area contributed by atoms with Crippen LogP contribution in [0.2, 0.25) is 0 Å². The maximum atomic E-state index is 11.7. The minimum absolute atomic E-state index is 0.0321. The maximum absolute atomic E-state index is 11.7. The monoisotopic (exact) mass is 218 g/mol. The van der Waals surface area contributed by atoms with Gasteiger partial charge in [-0.05, 0) is 25.2 Å². The molecular weight excluding hydrogens is 207 g/mol. The van der Waals surface area contributed by atoms with E-state index in [1.54, 1.807) is 0 Å². The Morgan fingerprint density at radius 1 is 1.46 bits per heavy atom. The van der Waals surface area contributed by atoms with Gasteiger partial charge in [-0.15, -0.1) is 0 Å². The smallest absolute Gasteiger partial charge is 0.139 e. The van der Waals surface area contributed by atoms with Crippen LogP contribution in [0.3, 0.4) is 0 Å². The van der Waals surface area contributed by atoms with E-state index in [-0.39, 0.29) is 11.3 Å². The number of hydrogen-bond acceptors (Lipinski definition) is 1. The lowest BCUT2D eigenvalue weighted by atomic mass is 9.67. The molecule has 72 valence electrons. The average Bonchev–Trinajstić information content (AvgIpc) is 2.24. The van der Waals surface area contributed by atoms with Crippen molar-refractivity contribution in [1.29, 1.82) is 0 Å². The Labute approximate surface area is 88.1 Å². The summed E-state index contributed by atoms with van der Waals surface area (Å²) in [6.07, 6.45) is 6.79. The summed E-state index contributed by atoms with van der Waals surface area (Å²) < 4.78 is 0.300. The van der Waals surface area contributed by atoms with Gasteiger partial charge in [0.1, 0.15) is 10.3 Å². The SMILES string of the molecule is O=C1CC(C=C(Cl)Cl)CC12CCC2. The van der Waals surface area contributed by atoms with E-state index < -0.39 is 0 Å². The van der Waals surface area contributed by atoms with Crippen molar-refractivity contribution in [2.45, 2.75) is 32.1 Å². The summed E-state index contributed by atoms with van der Waals surface area (Å²) in [4.78, 5) is 11.7. The molecular formula is C10H12Cl2O. The Bertz CT molecular complexity index is 262. The van der Waals surface area contributed by atoms with Crippen LogP contribution >= 0.6 is 23.2 Å². The van der Waals surface area contributed by atoms with Crippen molar-refractivity contribution in [3.8, 4) is 0 Å². The van der Waals surface area contributed by atoms with Gasteiger partial charge in [-0.1, -0.05) is 35.7 Å². The summed E-state index contributed by atoms with van der Waals surface area (Å²) in [5, 5.41) is 0. The molecule has 2 aliphatic rings. The summed E-state index contributed by atoms with van der Waals surface area (Å²) in [5.41, 5.74) is 0.0321. The number of carbonyl (C=O) groups is 1. The Morgan fingerprint density at radius 3 is 2.54 bits per heavy atom. The van der Waals surface area contributed by atoms with E-state index in [4.69, 9.17) is 23.2 Å². The average molecular weight is 219 g/mol. The highest BCUT2D eigenvalue weighted by Crippen LogP contribution is 2.53. The van der Waals surface area contributed by atoms with Crippen molar-refractivity contribution < 1.29 is 4.79 Å². The molecule has 2 saturated carbocycles. The number of carbonyl (C=O) groups excluding carboxylic acids is 1. The van der Waals surface area contributed by atoms with E-state index in [0.717, 1.165) is 19.3 Å². The quantitative estimate of drug-likeness (QED) is 0.660. The topological polar surface area (TPSA) is 17.1 Å². The fraction of sp³-hybridized carbons (Fsp3) is 0.700. The van der Waals surface area contributed by atoms with Crippen molar-refractivity contribution in [2.24, 2.45) is 11.3 Å². The molecule has 0 aliphatic heterocycles. The number of allylic oxidation sites excluding steroid dienone is 1. The Morgan fingerprint density at radius 2 is 2.15 bits per heavy atom. The van der Waals surface area contributed by atoms with Gasteiger partial charge in [0, 0.05) is 11.8 Å². The van der Waals surface area contributed by atoms with Crippen molar-refractivity contribution in [2.75, 3.05) is 0 Å². The molecule has 3 heteroatoms. The van der Waals surface area contributed by atoms with E-state index in [2.05, 4.69) is 0 Å². The van der Waals surface area contributed by atoms with Crippen LogP contribution in [0.25, 0.3) is 0 Å². The van der Waals surface area contributed by atoms with E-state index >= 15 is 0 Å². The molecule has 0 N–H and O–H groups in total. The fourth-order valence-electron chi connectivity index (χ4n) is 2.53. The minimum Gasteiger partial charge on any atom is -0.299 e. The first-order valence-electron chi connectivity index (χ1n) is 4.68. The van der Waals surface area contributed by atoms with Crippen LogP contribution in [0.5, 0.6) is 0 Å². The lowest BCUT2D eigenvalue weighted by molar-refractivity contribution is -0.129. The summed E-state index contributed by atoms with van der Waals surface area (Å²) in [7, 11) is 0. The molecule has 0 aromatic heterocycles. The molecule has 2 rings (SSSR count). The number of hydrogen-bond donors (Lipinski definition) is 0. The Balaban J connectivity index is 2.07. The van der Waals surface area contributed by atoms with Gasteiger partial charge in [-0.2, -0.15) is 0 Å². The van der Waals surface area contributed by atoms with Gasteiger partial charge in [0.25, 0.3) is 0 Å². The van der Waals surface area contributed by atoms with E-state index in [9.17, 15) is 4.79 Å².